The maximum atomic E-state index is 6.22. The molecular formula is C15H14ClN5. The van der Waals surface area contributed by atoms with Crippen LogP contribution < -0.4 is 5.32 Å². The Hall–Kier alpha value is -2.14. The Balaban J connectivity index is 1.75. The molecule has 1 aliphatic rings. The molecule has 21 heavy (non-hydrogen) atoms. The molecule has 0 amide bonds. The fourth-order valence-electron chi connectivity index (χ4n) is 2.88. The van der Waals surface area contributed by atoms with Gasteiger partial charge in [-0.05, 0) is 25.0 Å². The summed E-state index contributed by atoms with van der Waals surface area (Å²) in [5.74, 6) is 0.994. The van der Waals surface area contributed by atoms with Crippen LogP contribution >= 0.6 is 11.6 Å². The van der Waals surface area contributed by atoms with Crippen molar-refractivity contribution < 1.29 is 0 Å². The minimum atomic E-state index is 0.172. The van der Waals surface area contributed by atoms with E-state index in [-0.39, 0.29) is 6.04 Å². The molecule has 6 heteroatoms. The minimum absolute atomic E-state index is 0.172. The lowest BCUT2D eigenvalue weighted by Gasteiger charge is -2.24. The first-order valence-electron chi connectivity index (χ1n) is 7.00. The van der Waals surface area contributed by atoms with Crippen LogP contribution in [0, 0.1) is 0 Å². The molecule has 1 atom stereocenters. The maximum Gasteiger partial charge on any atom is 0.149 e. The molecule has 0 spiro atoms. The van der Waals surface area contributed by atoms with E-state index in [0.29, 0.717) is 5.02 Å². The number of hydrogen-bond donors (Lipinski definition) is 1. The summed E-state index contributed by atoms with van der Waals surface area (Å²) in [6, 6.07) is 7.99. The lowest BCUT2D eigenvalue weighted by molar-refractivity contribution is 0.438. The molecule has 1 unspecified atom stereocenters. The van der Waals surface area contributed by atoms with E-state index in [4.69, 9.17) is 11.6 Å². The number of nitrogens with one attached hydrogen (secondary N) is 1. The van der Waals surface area contributed by atoms with E-state index >= 15 is 0 Å². The van der Waals surface area contributed by atoms with E-state index in [1.165, 1.54) is 0 Å². The Morgan fingerprint density at radius 3 is 3.14 bits per heavy atom. The maximum absolute atomic E-state index is 6.22. The molecule has 1 aromatic carbocycles. The molecule has 3 heterocycles. The van der Waals surface area contributed by atoms with E-state index in [0.717, 1.165) is 41.8 Å². The number of anilines is 1. The van der Waals surface area contributed by atoms with Gasteiger partial charge in [-0.2, -0.15) is 5.10 Å². The largest absolute Gasteiger partial charge is 0.374 e. The molecule has 0 saturated carbocycles. The van der Waals surface area contributed by atoms with Gasteiger partial charge in [0.15, 0.2) is 0 Å². The Bertz CT molecular complexity index is 798. The lowest BCUT2D eigenvalue weighted by Crippen LogP contribution is -2.22. The lowest BCUT2D eigenvalue weighted by atomic mass is 10.1. The number of hydrogen-bond acceptors (Lipinski definition) is 4. The van der Waals surface area contributed by atoms with Gasteiger partial charge in [-0.1, -0.05) is 23.7 Å². The molecule has 0 bridgehead atoms. The second-order valence-electron chi connectivity index (χ2n) is 5.18. The van der Waals surface area contributed by atoms with Crippen molar-refractivity contribution in [2.45, 2.75) is 25.4 Å². The third-order valence-corrected chi connectivity index (χ3v) is 4.18. The van der Waals surface area contributed by atoms with Crippen LogP contribution in [0.15, 0.2) is 36.8 Å². The van der Waals surface area contributed by atoms with Gasteiger partial charge in [0.25, 0.3) is 0 Å². The third kappa shape index (κ3) is 2.14. The smallest absolute Gasteiger partial charge is 0.149 e. The molecule has 1 aliphatic heterocycles. The number of aromatic nitrogens is 4. The van der Waals surface area contributed by atoms with Crippen molar-refractivity contribution in [3.63, 3.8) is 0 Å². The molecule has 1 N–H and O–H groups in total. The van der Waals surface area contributed by atoms with Gasteiger partial charge in [0.2, 0.25) is 0 Å². The Labute approximate surface area is 127 Å². The van der Waals surface area contributed by atoms with E-state index in [1.807, 2.05) is 28.9 Å². The third-order valence-electron chi connectivity index (χ3n) is 3.87. The highest BCUT2D eigenvalue weighted by Gasteiger charge is 2.22. The minimum Gasteiger partial charge on any atom is -0.374 e. The van der Waals surface area contributed by atoms with Gasteiger partial charge in [0.05, 0.1) is 16.6 Å². The topological polar surface area (TPSA) is 55.6 Å². The summed E-state index contributed by atoms with van der Waals surface area (Å²) in [5.41, 5.74) is 1.85. The molecule has 5 nitrogen and oxygen atoms in total. The van der Waals surface area contributed by atoms with Gasteiger partial charge in [-0.3, -0.25) is 4.98 Å². The van der Waals surface area contributed by atoms with Gasteiger partial charge < -0.3 is 5.32 Å². The van der Waals surface area contributed by atoms with E-state index in [9.17, 15) is 0 Å². The molecule has 0 aliphatic carbocycles. The Kier molecular flexibility index (Phi) is 3.00. The van der Waals surface area contributed by atoms with Gasteiger partial charge in [-0.15, -0.1) is 0 Å². The van der Waals surface area contributed by atoms with Crippen LogP contribution in [-0.2, 0) is 6.54 Å². The number of aryl methyl sites for hydroxylation is 1. The van der Waals surface area contributed by atoms with Gasteiger partial charge in [0, 0.05) is 23.8 Å². The van der Waals surface area contributed by atoms with Crippen LogP contribution in [0.5, 0.6) is 0 Å². The summed E-state index contributed by atoms with van der Waals surface area (Å²) >= 11 is 6.22. The highest BCUT2D eigenvalue weighted by Crippen LogP contribution is 2.32. The van der Waals surface area contributed by atoms with Crippen molar-refractivity contribution in [1.29, 1.82) is 0 Å². The molecular weight excluding hydrogens is 286 g/mol. The van der Waals surface area contributed by atoms with E-state index in [2.05, 4.69) is 20.4 Å². The van der Waals surface area contributed by atoms with Crippen molar-refractivity contribution in [2.24, 2.45) is 0 Å². The SMILES string of the molecule is Clc1cccc2c(NC3CCCn4ncnc43)ccnc12. The second kappa shape index (κ2) is 5.00. The predicted octanol–water partition coefficient (Wildman–Crippen LogP) is 3.43. The number of para-hydroxylation sites is 1. The van der Waals surface area contributed by atoms with Crippen molar-refractivity contribution >= 4 is 28.2 Å². The number of rotatable bonds is 2. The summed E-state index contributed by atoms with van der Waals surface area (Å²) in [4.78, 5) is 8.74. The molecule has 0 fully saturated rings. The van der Waals surface area contributed by atoms with Crippen LogP contribution in [0.3, 0.4) is 0 Å². The number of benzene rings is 1. The normalized spacial score (nSPS) is 17.7. The van der Waals surface area contributed by atoms with Crippen molar-refractivity contribution in [2.75, 3.05) is 5.32 Å². The molecule has 2 aromatic heterocycles. The first kappa shape index (κ1) is 12.6. The summed E-state index contributed by atoms with van der Waals surface area (Å²) in [5, 5.41) is 9.53. The van der Waals surface area contributed by atoms with E-state index < -0.39 is 0 Å². The summed E-state index contributed by atoms with van der Waals surface area (Å²) in [7, 11) is 0. The van der Waals surface area contributed by atoms with Gasteiger partial charge in [-0.25, -0.2) is 9.67 Å². The van der Waals surface area contributed by atoms with Crippen molar-refractivity contribution in [3.8, 4) is 0 Å². The predicted molar refractivity (Wildman–Crippen MR) is 82.4 cm³/mol. The highest BCUT2D eigenvalue weighted by molar-refractivity contribution is 6.35. The zero-order valence-corrected chi connectivity index (χ0v) is 12.1. The van der Waals surface area contributed by atoms with Crippen LogP contribution in [0.4, 0.5) is 5.69 Å². The highest BCUT2D eigenvalue weighted by atomic mass is 35.5. The van der Waals surface area contributed by atoms with Crippen LogP contribution in [-0.4, -0.2) is 19.7 Å². The zero-order valence-electron chi connectivity index (χ0n) is 11.3. The summed E-state index contributed by atoms with van der Waals surface area (Å²) in [6.45, 7) is 0.941. The Morgan fingerprint density at radius 2 is 2.19 bits per heavy atom. The standard InChI is InChI=1S/C15H14ClN5/c16-11-4-1-3-10-12(6-7-17-14(10)11)20-13-5-2-8-21-15(13)18-9-19-21/h1,3-4,6-7,9,13H,2,5,8H2,(H,17,20). The quantitative estimate of drug-likeness (QED) is 0.787. The number of nitrogens with zero attached hydrogens (tertiary/aromatic N) is 4. The van der Waals surface area contributed by atoms with Crippen molar-refractivity contribution in [3.05, 3.63) is 47.6 Å². The molecule has 4 rings (SSSR count). The number of fused-ring (bicyclic) bond motifs is 2. The number of halogens is 1. The average Bonchev–Trinajstić information content (AvgIpc) is 2.98. The molecule has 3 aromatic rings. The van der Waals surface area contributed by atoms with Crippen LogP contribution in [0.2, 0.25) is 5.02 Å². The first-order valence-corrected chi connectivity index (χ1v) is 7.38. The average molecular weight is 300 g/mol. The van der Waals surface area contributed by atoms with Crippen LogP contribution in [0.1, 0.15) is 24.7 Å². The fourth-order valence-corrected chi connectivity index (χ4v) is 3.10. The molecule has 106 valence electrons. The summed E-state index contributed by atoms with van der Waals surface area (Å²) < 4.78 is 1.97. The van der Waals surface area contributed by atoms with Crippen LogP contribution in [0.25, 0.3) is 10.9 Å². The number of pyridine rings is 1. The van der Waals surface area contributed by atoms with Gasteiger partial charge >= 0.3 is 0 Å². The second-order valence-corrected chi connectivity index (χ2v) is 5.58. The zero-order chi connectivity index (χ0) is 14.2. The monoisotopic (exact) mass is 299 g/mol. The summed E-state index contributed by atoms with van der Waals surface area (Å²) in [6.07, 6.45) is 5.54. The van der Waals surface area contributed by atoms with Gasteiger partial charge in [0.1, 0.15) is 12.2 Å². The fraction of sp³-hybridized carbons (Fsp3) is 0.267. The molecule has 0 radical (unpaired) electrons. The first-order chi connectivity index (χ1) is 10.3. The molecule has 0 saturated heterocycles. The van der Waals surface area contributed by atoms with E-state index in [1.54, 1.807) is 12.5 Å². The van der Waals surface area contributed by atoms with Crippen molar-refractivity contribution in [1.82, 2.24) is 19.7 Å². The Morgan fingerprint density at radius 1 is 1.24 bits per heavy atom.